The molecule has 7 nitrogen and oxygen atoms in total. The molecule has 2 N–H and O–H groups in total. The molecule has 0 bridgehead atoms. The van der Waals surface area contributed by atoms with Crippen LogP contribution >= 0.6 is 0 Å². The summed E-state index contributed by atoms with van der Waals surface area (Å²) in [6.45, 7) is 4.16. The maximum atomic E-state index is 11.4. The van der Waals surface area contributed by atoms with E-state index in [-0.39, 0.29) is 12.5 Å². The van der Waals surface area contributed by atoms with Crippen LogP contribution in [0.25, 0.3) is 0 Å². The van der Waals surface area contributed by atoms with E-state index in [1.165, 1.54) is 7.11 Å². The molecule has 0 saturated carbocycles. The minimum Gasteiger partial charge on any atom is -0.466 e. The highest BCUT2D eigenvalue weighted by atomic mass is 16.5. The molecule has 1 heterocycles. The van der Waals surface area contributed by atoms with Gasteiger partial charge in [0.2, 0.25) is 5.91 Å². The minimum atomic E-state index is -0.666. The molecule has 1 atom stereocenters. The van der Waals surface area contributed by atoms with E-state index >= 15 is 0 Å². The molecule has 0 spiro atoms. The van der Waals surface area contributed by atoms with Gasteiger partial charge in [0, 0.05) is 24.3 Å². The Morgan fingerprint density at radius 3 is 2.79 bits per heavy atom. The molecular formula is C12H16N2O5. The van der Waals surface area contributed by atoms with Gasteiger partial charge in [0.15, 0.2) is 0 Å². The molecule has 1 rings (SSSR count). The second kappa shape index (κ2) is 7.20. The number of hydrogen-bond donors (Lipinski definition) is 2. The zero-order chi connectivity index (χ0) is 14.3. The van der Waals surface area contributed by atoms with Gasteiger partial charge in [-0.2, -0.15) is 0 Å². The van der Waals surface area contributed by atoms with Crippen LogP contribution in [-0.4, -0.2) is 44.1 Å². The number of piperazine rings is 1. The van der Waals surface area contributed by atoms with E-state index in [1.54, 1.807) is 0 Å². The lowest BCUT2D eigenvalue weighted by Gasteiger charge is -2.25. The molecule has 1 aliphatic heterocycles. The summed E-state index contributed by atoms with van der Waals surface area (Å²) in [7, 11) is 1.21. The quantitative estimate of drug-likeness (QED) is 0.503. The zero-order valence-electron chi connectivity index (χ0n) is 10.6. The molecular weight excluding hydrogens is 252 g/mol. The maximum absolute atomic E-state index is 11.4. The fraction of sp³-hybridized carbons (Fsp3) is 0.417. The predicted molar refractivity (Wildman–Crippen MR) is 65.8 cm³/mol. The Balaban J connectivity index is 2.27. The maximum Gasteiger partial charge on any atom is 0.331 e. The van der Waals surface area contributed by atoms with E-state index in [0.29, 0.717) is 18.7 Å². The summed E-state index contributed by atoms with van der Waals surface area (Å²) in [4.78, 5) is 33.4. The van der Waals surface area contributed by atoms with Crippen LogP contribution in [0.1, 0.15) is 6.42 Å². The van der Waals surface area contributed by atoms with Gasteiger partial charge >= 0.3 is 11.9 Å². The first kappa shape index (κ1) is 14.7. The van der Waals surface area contributed by atoms with Crippen molar-refractivity contribution in [1.29, 1.82) is 0 Å². The van der Waals surface area contributed by atoms with E-state index < -0.39 is 18.0 Å². The molecule has 0 aromatic heterocycles. The highest BCUT2D eigenvalue weighted by Gasteiger charge is 2.22. The lowest BCUT2D eigenvalue weighted by Crippen LogP contribution is -2.51. The third-order valence-electron chi connectivity index (χ3n) is 2.38. The molecule has 1 aliphatic rings. The van der Waals surface area contributed by atoms with Crippen molar-refractivity contribution in [3.63, 3.8) is 0 Å². The van der Waals surface area contributed by atoms with Gasteiger partial charge in [0.05, 0.1) is 20.3 Å². The van der Waals surface area contributed by atoms with Crippen LogP contribution in [-0.2, 0) is 23.9 Å². The van der Waals surface area contributed by atoms with Crippen molar-refractivity contribution in [3.05, 3.63) is 24.4 Å². The number of carbonyl (C=O) groups is 3. The van der Waals surface area contributed by atoms with E-state index in [9.17, 15) is 14.4 Å². The van der Waals surface area contributed by atoms with Crippen molar-refractivity contribution in [1.82, 2.24) is 10.6 Å². The van der Waals surface area contributed by atoms with Crippen LogP contribution in [0.3, 0.4) is 0 Å². The number of esters is 2. The predicted octanol–water partition coefficient (Wildman–Crippen LogP) is -0.749. The number of hydrogen-bond acceptors (Lipinski definition) is 6. The van der Waals surface area contributed by atoms with Crippen molar-refractivity contribution in [2.45, 2.75) is 12.5 Å². The Bertz CT molecular complexity index is 416. The highest BCUT2D eigenvalue weighted by Crippen LogP contribution is 2.02. The van der Waals surface area contributed by atoms with Gasteiger partial charge in [-0.25, -0.2) is 9.59 Å². The Hall–Kier alpha value is -2.31. The molecule has 0 unspecified atom stereocenters. The third kappa shape index (κ3) is 5.24. The van der Waals surface area contributed by atoms with Crippen LogP contribution in [0.4, 0.5) is 0 Å². The van der Waals surface area contributed by atoms with Crippen LogP contribution in [0, 0.1) is 0 Å². The first-order valence-electron chi connectivity index (χ1n) is 5.67. The summed E-state index contributed by atoms with van der Waals surface area (Å²) in [5.41, 5.74) is 0.710. The molecule has 1 saturated heterocycles. The van der Waals surface area contributed by atoms with Crippen molar-refractivity contribution in [2.75, 3.05) is 20.3 Å². The molecule has 1 amide bonds. The summed E-state index contributed by atoms with van der Waals surface area (Å²) in [6, 6.07) is -0.460. The molecule has 104 valence electrons. The monoisotopic (exact) mass is 268 g/mol. The molecule has 0 aromatic rings. The SMILES string of the molecule is C=C1CNC(=O)[C@@H](CCOC(=O)/C=C/C(=O)OC)N1. The third-order valence-corrected chi connectivity index (χ3v) is 2.38. The largest absolute Gasteiger partial charge is 0.466 e. The van der Waals surface area contributed by atoms with Crippen LogP contribution < -0.4 is 10.6 Å². The van der Waals surface area contributed by atoms with E-state index in [1.807, 2.05) is 0 Å². The van der Waals surface area contributed by atoms with Crippen LogP contribution in [0.2, 0.25) is 0 Å². The molecule has 0 aromatic carbocycles. The van der Waals surface area contributed by atoms with Crippen molar-refractivity contribution >= 4 is 17.8 Å². The topological polar surface area (TPSA) is 93.7 Å². The molecule has 0 radical (unpaired) electrons. The van der Waals surface area contributed by atoms with Gasteiger partial charge in [-0.15, -0.1) is 0 Å². The molecule has 19 heavy (non-hydrogen) atoms. The average molecular weight is 268 g/mol. The number of rotatable bonds is 5. The second-order valence-corrected chi connectivity index (χ2v) is 3.83. The highest BCUT2D eigenvalue weighted by molar-refractivity contribution is 5.91. The lowest BCUT2D eigenvalue weighted by atomic mass is 10.1. The Morgan fingerprint density at radius 2 is 2.11 bits per heavy atom. The van der Waals surface area contributed by atoms with Gasteiger partial charge in [-0.1, -0.05) is 6.58 Å². The summed E-state index contributed by atoms with van der Waals surface area (Å²) >= 11 is 0. The van der Waals surface area contributed by atoms with Crippen molar-refractivity contribution < 1.29 is 23.9 Å². The number of amides is 1. The molecule has 0 aliphatic carbocycles. The Kier molecular flexibility index (Phi) is 5.59. The fourth-order valence-electron chi connectivity index (χ4n) is 1.41. The van der Waals surface area contributed by atoms with E-state index in [4.69, 9.17) is 4.74 Å². The zero-order valence-corrected chi connectivity index (χ0v) is 10.6. The van der Waals surface area contributed by atoms with Gasteiger partial charge in [-0.3, -0.25) is 4.79 Å². The number of methoxy groups -OCH3 is 1. The minimum absolute atomic E-state index is 0.0582. The average Bonchev–Trinajstić information content (AvgIpc) is 2.40. The molecule has 7 heteroatoms. The normalized spacial score (nSPS) is 18.7. The van der Waals surface area contributed by atoms with E-state index in [0.717, 1.165) is 12.2 Å². The second-order valence-electron chi connectivity index (χ2n) is 3.83. The summed E-state index contributed by atoms with van der Waals surface area (Å²) in [6.07, 6.45) is 2.26. The number of ether oxygens (including phenoxy) is 2. The lowest BCUT2D eigenvalue weighted by molar-refractivity contribution is -0.140. The summed E-state index contributed by atoms with van der Waals surface area (Å²) in [5, 5.41) is 5.56. The Morgan fingerprint density at radius 1 is 1.42 bits per heavy atom. The summed E-state index contributed by atoms with van der Waals surface area (Å²) in [5.74, 6) is -1.46. The van der Waals surface area contributed by atoms with Crippen LogP contribution in [0.5, 0.6) is 0 Å². The number of carbonyl (C=O) groups excluding carboxylic acids is 3. The smallest absolute Gasteiger partial charge is 0.331 e. The van der Waals surface area contributed by atoms with Crippen LogP contribution in [0.15, 0.2) is 24.4 Å². The fourth-order valence-corrected chi connectivity index (χ4v) is 1.41. The van der Waals surface area contributed by atoms with Gasteiger partial charge in [0.25, 0.3) is 0 Å². The Labute approximate surface area is 110 Å². The van der Waals surface area contributed by atoms with Crippen molar-refractivity contribution in [2.24, 2.45) is 0 Å². The standard InChI is InChI=1S/C12H16N2O5/c1-8-7-13-12(17)9(14-8)5-6-19-11(16)4-3-10(15)18-2/h3-4,9,14H,1,5-7H2,2H3,(H,13,17)/b4-3+/t9-/m1/s1. The van der Waals surface area contributed by atoms with Gasteiger partial charge < -0.3 is 20.1 Å². The number of nitrogens with one attached hydrogen (secondary N) is 2. The first-order valence-corrected chi connectivity index (χ1v) is 5.67. The molecule has 1 fully saturated rings. The van der Waals surface area contributed by atoms with E-state index in [2.05, 4.69) is 21.9 Å². The van der Waals surface area contributed by atoms with Gasteiger partial charge in [-0.05, 0) is 0 Å². The van der Waals surface area contributed by atoms with Gasteiger partial charge in [0.1, 0.15) is 6.04 Å². The van der Waals surface area contributed by atoms with Crippen molar-refractivity contribution in [3.8, 4) is 0 Å². The summed E-state index contributed by atoms with van der Waals surface area (Å²) < 4.78 is 9.16. The first-order chi connectivity index (χ1) is 9.02.